The highest BCUT2D eigenvalue weighted by molar-refractivity contribution is 5.85. The first-order valence-electron chi connectivity index (χ1n) is 10.1. The first-order valence-corrected chi connectivity index (χ1v) is 10.1. The molecule has 3 rings (SSSR count). The van der Waals surface area contributed by atoms with Gasteiger partial charge in [0.05, 0.1) is 5.92 Å². The molecule has 1 fully saturated rings. The van der Waals surface area contributed by atoms with Crippen molar-refractivity contribution in [3.05, 3.63) is 71.8 Å². The van der Waals surface area contributed by atoms with Crippen LogP contribution in [0.4, 0.5) is 0 Å². The van der Waals surface area contributed by atoms with Crippen LogP contribution in [0.2, 0.25) is 0 Å². The molecular weight excluding hydrogens is 346 g/mol. The molecule has 0 aliphatic carbocycles. The molecule has 1 heterocycles. The quantitative estimate of drug-likeness (QED) is 0.864. The zero-order chi connectivity index (χ0) is 20.4. The maximum atomic E-state index is 13.5. The number of piperidine rings is 1. The van der Waals surface area contributed by atoms with E-state index in [0.717, 1.165) is 31.5 Å². The summed E-state index contributed by atoms with van der Waals surface area (Å²) in [5, 5.41) is 0. The highest BCUT2D eigenvalue weighted by atomic mass is 16.2. The predicted octanol–water partition coefficient (Wildman–Crippen LogP) is 3.59. The van der Waals surface area contributed by atoms with Crippen molar-refractivity contribution in [2.24, 2.45) is 5.73 Å². The van der Waals surface area contributed by atoms with Crippen LogP contribution < -0.4 is 5.73 Å². The van der Waals surface area contributed by atoms with Gasteiger partial charge in [-0.15, -0.1) is 0 Å². The summed E-state index contributed by atoms with van der Waals surface area (Å²) >= 11 is 0. The summed E-state index contributed by atoms with van der Waals surface area (Å²) in [6.07, 6.45) is 1.84. The number of benzene rings is 2. The van der Waals surface area contributed by atoms with Crippen molar-refractivity contribution in [1.29, 1.82) is 0 Å². The summed E-state index contributed by atoms with van der Waals surface area (Å²) in [6, 6.07) is 20.6. The van der Waals surface area contributed by atoms with Crippen LogP contribution >= 0.6 is 0 Å². The molecule has 0 aromatic heterocycles. The topological polar surface area (TPSA) is 49.6 Å². The molecule has 1 unspecified atom stereocenters. The third-order valence-electron chi connectivity index (χ3n) is 6.19. The number of nitrogens with two attached hydrogens (primary N) is 1. The molecule has 0 saturated carbocycles. The van der Waals surface area contributed by atoms with Gasteiger partial charge in [0.15, 0.2) is 0 Å². The Bertz CT molecular complexity index is 773. The molecule has 0 spiro atoms. The Balaban J connectivity index is 1.82. The maximum Gasteiger partial charge on any atom is 0.231 e. The number of likely N-dealkylation sites (tertiary alicyclic amines) is 1. The Labute approximate surface area is 169 Å². The molecule has 4 heteroatoms. The number of carbonyl (C=O) groups is 1. The second-order valence-corrected chi connectivity index (χ2v) is 8.78. The zero-order valence-electron chi connectivity index (χ0n) is 17.6. The fourth-order valence-corrected chi connectivity index (χ4v) is 4.56. The van der Waals surface area contributed by atoms with Gasteiger partial charge in [-0.3, -0.25) is 9.69 Å². The number of nitrogens with zero attached hydrogens (tertiary/aromatic N) is 2. The van der Waals surface area contributed by atoms with Crippen LogP contribution in [-0.2, 0) is 10.3 Å². The summed E-state index contributed by atoms with van der Waals surface area (Å²) in [5.41, 5.74) is 8.13. The Morgan fingerprint density at radius 2 is 1.50 bits per heavy atom. The normalized spacial score (nSPS) is 18.1. The minimum atomic E-state index is -0.617. The van der Waals surface area contributed by atoms with E-state index in [9.17, 15) is 4.79 Å². The molecular formula is C24H33N3O. The van der Waals surface area contributed by atoms with Gasteiger partial charge in [-0.25, -0.2) is 0 Å². The van der Waals surface area contributed by atoms with E-state index < -0.39 is 5.54 Å². The average molecular weight is 380 g/mol. The van der Waals surface area contributed by atoms with Gasteiger partial charge in [0.1, 0.15) is 0 Å². The monoisotopic (exact) mass is 379 g/mol. The van der Waals surface area contributed by atoms with E-state index in [1.54, 1.807) is 0 Å². The van der Waals surface area contributed by atoms with Gasteiger partial charge in [-0.2, -0.15) is 0 Å². The van der Waals surface area contributed by atoms with Gasteiger partial charge in [-0.1, -0.05) is 60.7 Å². The van der Waals surface area contributed by atoms with Gasteiger partial charge in [0.2, 0.25) is 5.91 Å². The molecule has 1 saturated heterocycles. The Morgan fingerprint density at radius 3 is 1.96 bits per heavy atom. The standard InChI is InChI=1S/C24H33N3O/c1-23(2,25)21(19-11-7-5-8-12-19)22(28)27-17-15-24(16-18-27,26(3)4)20-13-9-6-10-14-20/h5-14,21H,15-18,25H2,1-4H3. The van der Waals surface area contributed by atoms with Crippen LogP contribution in [0, 0.1) is 0 Å². The number of hydrogen-bond acceptors (Lipinski definition) is 3. The summed E-state index contributed by atoms with van der Waals surface area (Å²) < 4.78 is 0. The largest absolute Gasteiger partial charge is 0.342 e. The summed E-state index contributed by atoms with van der Waals surface area (Å²) in [4.78, 5) is 17.8. The van der Waals surface area contributed by atoms with Crippen LogP contribution in [0.25, 0.3) is 0 Å². The summed E-state index contributed by atoms with van der Waals surface area (Å²) in [6.45, 7) is 5.37. The van der Waals surface area contributed by atoms with E-state index in [2.05, 4.69) is 49.3 Å². The summed E-state index contributed by atoms with van der Waals surface area (Å²) in [5.74, 6) is -0.198. The summed E-state index contributed by atoms with van der Waals surface area (Å²) in [7, 11) is 4.28. The molecule has 4 nitrogen and oxygen atoms in total. The van der Waals surface area contributed by atoms with E-state index in [1.807, 2.05) is 49.1 Å². The van der Waals surface area contributed by atoms with Crippen LogP contribution in [0.1, 0.15) is 43.7 Å². The molecule has 0 radical (unpaired) electrons. The lowest BCUT2D eigenvalue weighted by Crippen LogP contribution is -2.55. The number of amides is 1. The van der Waals surface area contributed by atoms with Crippen molar-refractivity contribution in [1.82, 2.24) is 9.80 Å². The minimum absolute atomic E-state index is 0.0292. The van der Waals surface area contributed by atoms with Gasteiger partial charge < -0.3 is 10.6 Å². The molecule has 1 aliphatic rings. The predicted molar refractivity (Wildman–Crippen MR) is 115 cm³/mol. The average Bonchev–Trinajstić information content (AvgIpc) is 2.68. The fraction of sp³-hybridized carbons (Fsp3) is 0.458. The van der Waals surface area contributed by atoms with Crippen LogP contribution in [0.3, 0.4) is 0 Å². The van der Waals surface area contributed by atoms with Crippen LogP contribution in [-0.4, -0.2) is 48.4 Å². The van der Waals surface area contributed by atoms with Crippen LogP contribution in [0.5, 0.6) is 0 Å². The van der Waals surface area contributed by atoms with E-state index in [1.165, 1.54) is 5.56 Å². The van der Waals surface area contributed by atoms with Gasteiger partial charge >= 0.3 is 0 Å². The molecule has 0 bridgehead atoms. The number of carbonyl (C=O) groups excluding carboxylic acids is 1. The number of rotatable bonds is 5. The smallest absolute Gasteiger partial charge is 0.231 e. The van der Waals surface area contributed by atoms with Crippen LogP contribution in [0.15, 0.2) is 60.7 Å². The molecule has 2 aromatic carbocycles. The highest BCUT2D eigenvalue weighted by Gasteiger charge is 2.42. The first kappa shape index (κ1) is 20.6. The van der Waals surface area contributed by atoms with Crippen molar-refractivity contribution in [2.75, 3.05) is 27.2 Å². The Morgan fingerprint density at radius 1 is 1.00 bits per heavy atom. The number of hydrogen-bond donors (Lipinski definition) is 1. The second-order valence-electron chi connectivity index (χ2n) is 8.78. The van der Waals surface area contributed by atoms with Crippen molar-refractivity contribution < 1.29 is 4.79 Å². The SMILES string of the molecule is CN(C)C1(c2ccccc2)CCN(C(=O)C(c2ccccc2)C(C)(C)N)CC1. The van der Waals surface area contributed by atoms with E-state index >= 15 is 0 Å². The Hall–Kier alpha value is -2.17. The second kappa shape index (κ2) is 8.06. The third-order valence-corrected chi connectivity index (χ3v) is 6.19. The molecule has 1 amide bonds. The molecule has 2 aromatic rings. The Kier molecular flexibility index (Phi) is 5.92. The molecule has 150 valence electrons. The van der Waals surface area contributed by atoms with Gasteiger partial charge in [0.25, 0.3) is 0 Å². The molecule has 28 heavy (non-hydrogen) atoms. The fourth-order valence-electron chi connectivity index (χ4n) is 4.56. The highest BCUT2D eigenvalue weighted by Crippen LogP contribution is 2.38. The molecule has 1 aliphatic heterocycles. The van der Waals surface area contributed by atoms with Gasteiger partial charge in [0, 0.05) is 24.2 Å². The zero-order valence-corrected chi connectivity index (χ0v) is 17.6. The van der Waals surface area contributed by atoms with E-state index in [4.69, 9.17) is 5.73 Å². The minimum Gasteiger partial charge on any atom is -0.342 e. The lowest BCUT2D eigenvalue weighted by Gasteiger charge is -2.47. The van der Waals surface area contributed by atoms with Crippen molar-refractivity contribution in [3.8, 4) is 0 Å². The first-order chi connectivity index (χ1) is 13.3. The lowest BCUT2D eigenvalue weighted by atomic mass is 9.78. The molecule has 1 atom stereocenters. The molecule has 2 N–H and O–H groups in total. The third kappa shape index (κ3) is 3.98. The van der Waals surface area contributed by atoms with E-state index in [-0.39, 0.29) is 17.4 Å². The van der Waals surface area contributed by atoms with Crippen molar-refractivity contribution in [3.63, 3.8) is 0 Å². The lowest BCUT2D eigenvalue weighted by molar-refractivity contribution is -0.137. The van der Waals surface area contributed by atoms with Crippen molar-refractivity contribution in [2.45, 2.75) is 43.7 Å². The van der Waals surface area contributed by atoms with Crippen molar-refractivity contribution >= 4 is 5.91 Å². The van der Waals surface area contributed by atoms with E-state index in [0.29, 0.717) is 0 Å². The maximum absolute atomic E-state index is 13.5. The van der Waals surface area contributed by atoms with Gasteiger partial charge in [-0.05, 0) is 51.9 Å².